The minimum Gasteiger partial charge on any atom is -0.272 e. The van der Waals surface area contributed by atoms with Gasteiger partial charge in [0.1, 0.15) is 0 Å². The van der Waals surface area contributed by atoms with Gasteiger partial charge in [-0.15, -0.1) is 0 Å². The van der Waals surface area contributed by atoms with Gasteiger partial charge in [-0.25, -0.2) is 5.01 Å². The monoisotopic (exact) mass is 270 g/mol. The van der Waals surface area contributed by atoms with Crippen molar-refractivity contribution >= 4 is 11.6 Å². The van der Waals surface area contributed by atoms with E-state index in [9.17, 15) is 18.0 Å². The van der Waals surface area contributed by atoms with Crippen molar-refractivity contribution in [2.45, 2.75) is 26.6 Å². The molecule has 3 nitrogen and oxygen atoms in total. The van der Waals surface area contributed by atoms with E-state index in [1.165, 1.54) is 6.92 Å². The van der Waals surface area contributed by atoms with E-state index in [2.05, 4.69) is 5.10 Å². The summed E-state index contributed by atoms with van der Waals surface area (Å²) >= 11 is 0. The van der Waals surface area contributed by atoms with E-state index in [1.54, 1.807) is 12.1 Å². The van der Waals surface area contributed by atoms with Crippen molar-refractivity contribution in [3.05, 3.63) is 35.4 Å². The smallest absolute Gasteiger partial charge is 0.272 e. The van der Waals surface area contributed by atoms with Gasteiger partial charge < -0.3 is 0 Å². The van der Waals surface area contributed by atoms with Crippen molar-refractivity contribution < 1.29 is 18.0 Å². The number of hydrazone groups is 1. The van der Waals surface area contributed by atoms with Gasteiger partial charge in [0, 0.05) is 0 Å². The summed E-state index contributed by atoms with van der Waals surface area (Å²) in [5.74, 6) is -1.85. The normalized spacial score (nSPS) is 19.8. The molecular weight excluding hydrogens is 257 g/mol. The van der Waals surface area contributed by atoms with Gasteiger partial charge in [0.15, 0.2) is 5.71 Å². The van der Waals surface area contributed by atoms with Gasteiger partial charge in [-0.1, -0.05) is 29.8 Å². The number of hydrogen-bond acceptors (Lipinski definition) is 2. The van der Waals surface area contributed by atoms with E-state index in [-0.39, 0.29) is 6.54 Å². The molecule has 1 aliphatic rings. The summed E-state index contributed by atoms with van der Waals surface area (Å²) in [6.45, 7) is 3.16. The zero-order valence-corrected chi connectivity index (χ0v) is 10.5. The number of alkyl halides is 3. The number of carbonyl (C=O) groups is 1. The van der Waals surface area contributed by atoms with Gasteiger partial charge in [-0.05, 0) is 19.4 Å². The molecular formula is C13H13F3N2O. The number of amides is 1. The number of nitrogens with zero attached hydrogens (tertiary/aromatic N) is 2. The fourth-order valence-corrected chi connectivity index (χ4v) is 2.01. The van der Waals surface area contributed by atoms with E-state index >= 15 is 0 Å². The van der Waals surface area contributed by atoms with Crippen molar-refractivity contribution in [2.24, 2.45) is 11.0 Å². The second kappa shape index (κ2) is 4.68. The minimum absolute atomic E-state index is 0.0600. The number of carbonyl (C=O) groups excluding carboxylic acids is 1. The maximum absolute atomic E-state index is 12.7. The standard InChI is InChI=1S/C13H13F3N2O/c1-8-4-3-5-10(6-8)7-18-12(19)9(2)11(17-18)13(14,15)16/h3-6,9H,7H2,1-2H3. The molecule has 0 spiro atoms. The lowest BCUT2D eigenvalue weighted by Gasteiger charge is -2.12. The molecule has 1 atom stereocenters. The van der Waals surface area contributed by atoms with Crippen LogP contribution in [-0.2, 0) is 11.3 Å². The number of aryl methyl sites for hydroxylation is 1. The Hall–Kier alpha value is -1.85. The van der Waals surface area contributed by atoms with Gasteiger partial charge in [0.25, 0.3) is 5.91 Å². The molecule has 0 radical (unpaired) electrons. The molecule has 0 N–H and O–H groups in total. The van der Waals surface area contributed by atoms with Crippen LogP contribution in [0, 0.1) is 12.8 Å². The summed E-state index contributed by atoms with van der Waals surface area (Å²) in [5, 5.41) is 4.31. The lowest BCUT2D eigenvalue weighted by Crippen LogP contribution is -2.30. The number of halogens is 3. The van der Waals surface area contributed by atoms with Gasteiger partial charge in [0.2, 0.25) is 0 Å². The van der Waals surface area contributed by atoms with Crippen LogP contribution in [0.2, 0.25) is 0 Å². The number of benzene rings is 1. The van der Waals surface area contributed by atoms with E-state index in [4.69, 9.17) is 0 Å². The lowest BCUT2D eigenvalue weighted by molar-refractivity contribution is -0.132. The zero-order chi connectivity index (χ0) is 14.2. The number of hydrogen-bond donors (Lipinski definition) is 0. The molecule has 0 aromatic heterocycles. The first-order chi connectivity index (χ1) is 8.79. The van der Waals surface area contributed by atoms with E-state index < -0.39 is 23.7 Å². The molecule has 1 amide bonds. The Bertz CT molecular complexity index is 537. The molecule has 6 heteroatoms. The predicted molar refractivity (Wildman–Crippen MR) is 64.4 cm³/mol. The van der Waals surface area contributed by atoms with Crippen LogP contribution < -0.4 is 0 Å². The van der Waals surface area contributed by atoms with Crippen LogP contribution >= 0.6 is 0 Å². The summed E-state index contributed by atoms with van der Waals surface area (Å²) in [6, 6.07) is 7.25. The Morgan fingerprint density at radius 1 is 1.37 bits per heavy atom. The molecule has 0 fully saturated rings. The zero-order valence-electron chi connectivity index (χ0n) is 10.5. The van der Waals surface area contributed by atoms with Gasteiger partial charge in [0.05, 0.1) is 12.5 Å². The van der Waals surface area contributed by atoms with E-state index in [0.717, 1.165) is 16.1 Å². The molecule has 0 bridgehead atoms. The highest BCUT2D eigenvalue weighted by atomic mass is 19.4. The fourth-order valence-electron chi connectivity index (χ4n) is 2.01. The Kier molecular flexibility index (Phi) is 3.34. The molecule has 1 heterocycles. The Balaban J connectivity index is 2.22. The van der Waals surface area contributed by atoms with Crippen LogP contribution in [0.1, 0.15) is 18.1 Å². The van der Waals surface area contributed by atoms with Crippen LogP contribution in [-0.4, -0.2) is 22.8 Å². The molecule has 19 heavy (non-hydrogen) atoms. The highest BCUT2D eigenvalue weighted by Crippen LogP contribution is 2.29. The highest BCUT2D eigenvalue weighted by Gasteiger charge is 2.47. The molecule has 102 valence electrons. The molecule has 1 aromatic carbocycles. The molecule has 0 aliphatic carbocycles. The van der Waals surface area contributed by atoms with Gasteiger partial charge in [-0.2, -0.15) is 18.3 Å². The van der Waals surface area contributed by atoms with Crippen LogP contribution in [0.15, 0.2) is 29.4 Å². The summed E-state index contributed by atoms with van der Waals surface area (Å²) in [7, 11) is 0. The van der Waals surface area contributed by atoms with Gasteiger partial charge in [-0.3, -0.25) is 4.79 Å². The molecule has 0 saturated carbocycles. The Morgan fingerprint density at radius 2 is 2.05 bits per heavy atom. The lowest BCUT2D eigenvalue weighted by atomic mass is 10.1. The fraction of sp³-hybridized carbons (Fsp3) is 0.385. The summed E-state index contributed by atoms with van der Waals surface area (Å²) in [4.78, 5) is 11.8. The third-order valence-corrected chi connectivity index (χ3v) is 2.97. The predicted octanol–water partition coefficient (Wildman–Crippen LogP) is 2.89. The first kappa shape index (κ1) is 13.6. The van der Waals surface area contributed by atoms with Crippen LogP contribution in [0.3, 0.4) is 0 Å². The van der Waals surface area contributed by atoms with E-state index in [0.29, 0.717) is 0 Å². The van der Waals surface area contributed by atoms with Crippen LogP contribution in [0.4, 0.5) is 13.2 Å². The van der Waals surface area contributed by atoms with E-state index in [1.807, 2.05) is 19.1 Å². The topological polar surface area (TPSA) is 32.7 Å². The molecule has 1 unspecified atom stereocenters. The molecule has 1 aliphatic heterocycles. The van der Waals surface area contributed by atoms with Crippen molar-refractivity contribution in [2.75, 3.05) is 0 Å². The largest absolute Gasteiger partial charge is 0.431 e. The molecule has 0 saturated heterocycles. The number of rotatable bonds is 2. The van der Waals surface area contributed by atoms with Crippen molar-refractivity contribution in [3.63, 3.8) is 0 Å². The average Bonchev–Trinajstić information content (AvgIpc) is 2.57. The Labute approximate surface area is 108 Å². The quantitative estimate of drug-likeness (QED) is 0.813. The van der Waals surface area contributed by atoms with Crippen molar-refractivity contribution in [1.29, 1.82) is 0 Å². The highest BCUT2D eigenvalue weighted by molar-refractivity contribution is 6.10. The first-order valence-electron chi connectivity index (χ1n) is 5.81. The van der Waals surface area contributed by atoms with Crippen LogP contribution in [0.25, 0.3) is 0 Å². The average molecular weight is 270 g/mol. The minimum atomic E-state index is -4.56. The Morgan fingerprint density at radius 3 is 2.58 bits per heavy atom. The second-order valence-electron chi connectivity index (χ2n) is 4.59. The summed E-state index contributed by atoms with van der Waals surface area (Å²) < 4.78 is 38.0. The maximum atomic E-state index is 12.7. The molecule has 2 rings (SSSR count). The van der Waals surface area contributed by atoms with Crippen molar-refractivity contribution in [1.82, 2.24) is 5.01 Å². The first-order valence-corrected chi connectivity index (χ1v) is 5.81. The molecule has 1 aromatic rings. The summed E-state index contributed by atoms with van der Waals surface area (Å²) in [6.07, 6.45) is -4.56. The second-order valence-corrected chi connectivity index (χ2v) is 4.59. The third kappa shape index (κ3) is 2.77. The van der Waals surface area contributed by atoms with Crippen LogP contribution in [0.5, 0.6) is 0 Å². The van der Waals surface area contributed by atoms with Crippen molar-refractivity contribution in [3.8, 4) is 0 Å². The summed E-state index contributed by atoms with van der Waals surface area (Å²) in [5.41, 5.74) is 0.718. The third-order valence-electron chi connectivity index (χ3n) is 2.97. The van der Waals surface area contributed by atoms with Gasteiger partial charge >= 0.3 is 6.18 Å². The SMILES string of the molecule is Cc1cccc(CN2N=C(C(F)(F)F)C(C)C2=O)c1. The maximum Gasteiger partial charge on any atom is 0.431 e.